The van der Waals surface area contributed by atoms with E-state index in [1.165, 1.54) is 31.2 Å². The Morgan fingerprint density at radius 3 is 2.42 bits per heavy atom. The quantitative estimate of drug-likeness (QED) is 0.701. The van der Waals surface area contributed by atoms with E-state index < -0.39 is 0 Å². The fraction of sp³-hybridized carbons (Fsp3) is 0.682. The molecule has 4 nitrogen and oxygen atoms in total. The van der Waals surface area contributed by atoms with E-state index in [0.717, 1.165) is 44.8 Å². The number of rotatable bonds is 8. The standard InChI is InChI=1S/C22H31NO3/c1-22(14-25-15-22)16-26-20-10-6-18(7-11-20)13-23(19-8-9-19)21(24)12-17-4-2-3-5-17/h6-7,10-11,17,19H,2-5,8-9,12-16H2,1H3. The summed E-state index contributed by atoms with van der Waals surface area (Å²) in [6.45, 7) is 5.19. The molecular formula is C22H31NO3. The van der Waals surface area contributed by atoms with E-state index in [2.05, 4.69) is 24.0 Å². The molecule has 1 heterocycles. The van der Waals surface area contributed by atoms with Crippen molar-refractivity contribution in [2.24, 2.45) is 11.3 Å². The Bertz CT molecular complexity index is 613. The molecule has 0 N–H and O–H groups in total. The third-order valence-electron chi connectivity index (χ3n) is 6.01. The molecule has 1 saturated heterocycles. The molecule has 1 aromatic rings. The van der Waals surface area contributed by atoms with Crippen molar-refractivity contribution in [1.29, 1.82) is 0 Å². The predicted molar refractivity (Wildman–Crippen MR) is 101 cm³/mol. The van der Waals surface area contributed by atoms with Crippen LogP contribution in [-0.2, 0) is 16.1 Å². The van der Waals surface area contributed by atoms with Crippen LogP contribution in [0.25, 0.3) is 0 Å². The Kier molecular flexibility index (Phi) is 5.21. The van der Waals surface area contributed by atoms with Gasteiger partial charge >= 0.3 is 0 Å². The summed E-state index contributed by atoms with van der Waals surface area (Å²) >= 11 is 0. The number of amides is 1. The number of benzene rings is 1. The van der Waals surface area contributed by atoms with Crippen molar-refractivity contribution in [3.05, 3.63) is 29.8 Å². The zero-order valence-corrected chi connectivity index (χ0v) is 15.9. The van der Waals surface area contributed by atoms with E-state index in [4.69, 9.17) is 9.47 Å². The highest BCUT2D eigenvalue weighted by atomic mass is 16.5. The van der Waals surface area contributed by atoms with Crippen LogP contribution in [0.2, 0.25) is 0 Å². The lowest BCUT2D eigenvalue weighted by Crippen LogP contribution is -2.44. The van der Waals surface area contributed by atoms with Crippen LogP contribution < -0.4 is 4.74 Å². The monoisotopic (exact) mass is 357 g/mol. The molecule has 1 aromatic carbocycles. The third kappa shape index (κ3) is 4.40. The summed E-state index contributed by atoms with van der Waals surface area (Å²) < 4.78 is 11.2. The number of ether oxygens (including phenoxy) is 2. The van der Waals surface area contributed by atoms with Gasteiger partial charge in [-0.2, -0.15) is 0 Å². The zero-order valence-electron chi connectivity index (χ0n) is 15.9. The zero-order chi connectivity index (χ0) is 18.0. The Morgan fingerprint density at radius 1 is 1.15 bits per heavy atom. The van der Waals surface area contributed by atoms with Gasteiger partial charge in [-0.3, -0.25) is 4.79 Å². The van der Waals surface area contributed by atoms with E-state index in [-0.39, 0.29) is 5.41 Å². The van der Waals surface area contributed by atoms with Crippen LogP contribution in [0.15, 0.2) is 24.3 Å². The lowest BCUT2D eigenvalue weighted by molar-refractivity contribution is -0.133. The summed E-state index contributed by atoms with van der Waals surface area (Å²) in [6.07, 6.45) is 8.15. The minimum Gasteiger partial charge on any atom is -0.493 e. The van der Waals surface area contributed by atoms with Crippen molar-refractivity contribution in [1.82, 2.24) is 4.90 Å². The van der Waals surface area contributed by atoms with Crippen LogP contribution >= 0.6 is 0 Å². The van der Waals surface area contributed by atoms with Crippen LogP contribution in [0, 0.1) is 11.3 Å². The maximum absolute atomic E-state index is 12.8. The van der Waals surface area contributed by atoms with Crippen molar-refractivity contribution in [2.75, 3.05) is 19.8 Å². The van der Waals surface area contributed by atoms with E-state index in [1.54, 1.807) is 0 Å². The molecular weight excluding hydrogens is 326 g/mol. The molecule has 0 atom stereocenters. The minimum atomic E-state index is 0.161. The number of carbonyl (C=O) groups excluding carboxylic acids is 1. The van der Waals surface area contributed by atoms with E-state index in [9.17, 15) is 4.79 Å². The van der Waals surface area contributed by atoms with Gasteiger partial charge in [0.15, 0.2) is 0 Å². The lowest BCUT2D eigenvalue weighted by Gasteiger charge is -2.37. The fourth-order valence-electron chi connectivity index (χ4n) is 4.07. The molecule has 26 heavy (non-hydrogen) atoms. The predicted octanol–water partition coefficient (Wildman–Crippen LogP) is 4.17. The average Bonchev–Trinajstić information content (AvgIpc) is 3.33. The normalized spacial score (nSPS) is 22.0. The van der Waals surface area contributed by atoms with Gasteiger partial charge in [0.05, 0.1) is 19.8 Å². The highest BCUT2D eigenvalue weighted by Crippen LogP contribution is 2.33. The minimum absolute atomic E-state index is 0.161. The SMILES string of the molecule is CC1(COc2ccc(CN(C(=O)CC3CCCC3)C3CC3)cc2)COC1. The summed E-state index contributed by atoms with van der Waals surface area (Å²) in [5.41, 5.74) is 1.36. The van der Waals surface area contributed by atoms with Gasteiger partial charge in [0.1, 0.15) is 5.75 Å². The summed E-state index contributed by atoms with van der Waals surface area (Å²) in [5.74, 6) is 1.88. The van der Waals surface area contributed by atoms with Gasteiger partial charge in [-0.1, -0.05) is 31.9 Å². The first-order valence-electron chi connectivity index (χ1n) is 10.2. The fourth-order valence-corrected chi connectivity index (χ4v) is 4.07. The van der Waals surface area contributed by atoms with Gasteiger partial charge in [-0.05, 0) is 49.3 Å². The highest BCUT2D eigenvalue weighted by Gasteiger charge is 2.35. The molecule has 2 saturated carbocycles. The topological polar surface area (TPSA) is 38.8 Å². The Morgan fingerprint density at radius 2 is 1.85 bits per heavy atom. The third-order valence-corrected chi connectivity index (χ3v) is 6.01. The number of hydrogen-bond acceptors (Lipinski definition) is 3. The van der Waals surface area contributed by atoms with Crippen LogP contribution in [0.3, 0.4) is 0 Å². The van der Waals surface area contributed by atoms with E-state index in [0.29, 0.717) is 24.5 Å². The Labute approximate surface area is 156 Å². The van der Waals surface area contributed by atoms with Crippen molar-refractivity contribution < 1.29 is 14.3 Å². The molecule has 0 unspecified atom stereocenters. The summed E-state index contributed by atoms with van der Waals surface area (Å²) in [5, 5.41) is 0. The first-order valence-corrected chi connectivity index (χ1v) is 10.2. The van der Waals surface area contributed by atoms with Gasteiger partial charge in [-0.15, -0.1) is 0 Å². The Hall–Kier alpha value is -1.55. The van der Waals surface area contributed by atoms with Gasteiger partial charge in [0, 0.05) is 24.4 Å². The molecule has 0 spiro atoms. The molecule has 3 fully saturated rings. The Balaban J connectivity index is 1.31. The van der Waals surface area contributed by atoms with E-state index in [1.807, 2.05) is 12.1 Å². The number of hydrogen-bond donors (Lipinski definition) is 0. The van der Waals surface area contributed by atoms with Gasteiger partial charge < -0.3 is 14.4 Å². The van der Waals surface area contributed by atoms with Gasteiger partial charge in [0.2, 0.25) is 5.91 Å². The van der Waals surface area contributed by atoms with Crippen molar-refractivity contribution in [3.8, 4) is 5.75 Å². The van der Waals surface area contributed by atoms with Crippen molar-refractivity contribution in [2.45, 2.75) is 64.5 Å². The maximum Gasteiger partial charge on any atom is 0.223 e. The summed E-state index contributed by atoms with van der Waals surface area (Å²) in [7, 11) is 0. The van der Waals surface area contributed by atoms with Crippen molar-refractivity contribution in [3.63, 3.8) is 0 Å². The van der Waals surface area contributed by atoms with Crippen molar-refractivity contribution >= 4 is 5.91 Å². The molecule has 3 aliphatic rings. The average molecular weight is 357 g/mol. The summed E-state index contributed by atoms with van der Waals surface area (Å²) in [4.78, 5) is 14.9. The number of carbonyl (C=O) groups is 1. The van der Waals surface area contributed by atoms with Crippen LogP contribution in [0.1, 0.15) is 57.4 Å². The van der Waals surface area contributed by atoms with Gasteiger partial charge in [-0.25, -0.2) is 0 Å². The van der Waals surface area contributed by atoms with Gasteiger partial charge in [0.25, 0.3) is 0 Å². The smallest absolute Gasteiger partial charge is 0.223 e. The maximum atomic E-state index is 12.8. The molecule has 0 bridgehead atoms. The molecule has 0 radical (unpaired) electrons. The van der Waals surface area contributed by atoms with Crippen LogP contribution in [0.4, 0.5) is 0 Å². The summed E-state index contributed by atoms with van der Waals surface area (Å²) in [6, 6.07) is 8.74. The van der Waals surface area contributed by atoms with E-state index >= 15 is 0 Å². The highest BCUT2D eigenvalue weighted by molar-refractivity contribution is 5.77. The lowest BCUT2D eigenvalue weighted by atomic mass is 9.90. The molecule has 142 valence electrons. The molecule has 4 heteroatoms. The first-order chi connectivity index (χ1) is 12.6. The second kappa shape index (κ2) is 7.59. The molecule has 1 amide bonds. The molecule has 2 aliphatic carbocycles. The molecule has 4 rings (SSSR count). The second-order valence-electron chi connectivity index (χ2n) is 8.84. The molecule has 1 aliphatic heterocycles. The molecule has 0 aromatic heterocycles. The van der Waals surface area contributed by atoms with Crippen LogP contribution in [0.5, 0.6) is 5.75 Å². The number of nitrogens with zero attached hydrogens (tertiary/aromatic N) is 1. The van der Waals surface area contributed by atoms with Crippen LogP contribution in [-0.4, -0.2) is 36.7 Å². The first kappa shape index (κ1) is 17.8. The largest absolute Gasteiger partial charge is 0.493 e. The second-order valence-corrected chi connectivity index (χ2v) is 8.84.